The van der Waals surface area contributed by atoms with Crippen LogP contribution in [0.5, 0.6) is 11.5 Å². The summed E-state index contributed by atoms with van der Waals surface area (Å²) in [4.78, 5) is 13.1. The van der Waals surface area contributed by atoms with Crippen LogP contribution >= 0.6 is 11.6 Å². The van der Waals surface area contributed by atoms with Gasteiger partial charge in [0.2, 0.25) is 0 Å². The number of benzene rings is 2. The normalized spacial score (nSPS) is 11.9. The lowest BCUT2D eigenvalue weighted by Gasteiger charge is -2.15. The molecule has 2 N–H and O–H groups in total. The van der Waals surface area contributed by atoms with E-state index in [1.54, 1.807) is 18.2 Å². The number of carbonyl (C=O) groups is 1. The first kappa shape index (κ1) is 20.9. The van der Waals surface area contributed by atoms with Gasteiger partial charge in [0.15, 0.2) is 18.0 Å². The standard InChI is InChI=1S/C19H21ClF2N2O3/c1-24(11-14-4-3-5-15(20)8-14)12-18(25)23-10-13-6-7-16(27-19(21)22)17(9-13)26-2/h3-9,19H,10-12H2,1-2H3,(H,23,25)/p+1. The quantitative estimate of drug-likeness (QED) is 0.680. The van der Waals surface area contributed by atoms with Crippen LogP contribution in [0.3, 0.4) is 0 Å². The Bertz CT molecular complexity index is 774. The van der Waals surface area contributed by atoms with Crippen LogP contribution in [0.15, 0.2) is 42.5 Å². The number of hydrogen-bond acceptors (Lipinski definition) is 3. The average molecular weight is 400 g/mol. The van der Waals surface area contributed by atoms with Crippen molar-refractivity contribution in [3.8, 4) is 11.5 Å². The van der Waals surface area contributed by atoms with Crippen molar-refractivity contribution in [1.29, 1.82) is 0 Å². The number of hydrogen-bond donors (Lipinski definition) is 2. The second-order valence-corrected chi connectivity index (χ2v) is 6.52. The van der Waals surface area contributed by atoms with Crippen molar-refractivity contribution in [3.05, 3.63) is 58.6 Å². The molecular formula is C19H22ClF2N2O3+. The monoisotopic (exact) mass is 399 g/mol. The summed E-state index contributed by atoms with van der Waals surface area (Å²) in [6.07, 6.45) is 0. The molecule has 0 heterocycles. The Hall–Kier alpha value is -2.38. The molecule has 0 fully saturated rings. The molecule has 0 aromatic heterocycles. The van der Waals surface area contributed by atoms with Crippen LogP contribution in [0.1, 0.15) is 11.1 Å². The molecule has 0 aliphatic carbocycles. The highest BCUT2D eigenvalue weighted by Gasteiger charge is 2.13. The van der Waals surface area contributed by atoms with Crippen LogP contribution in [0.4, 0.5) is 8.78 Å². The van der Waals surface area contributed by atoms with Gasteiger partial charge in [-0.15, -0.1) is 0 Å². The van der Waals surface area contributed by atoms with E-state index in [-0.39, 0.29) is 30.5 Å². The molecule has 2 aromatic rings. The van der Waals surface area contributed by atoms with E-state index in [2.05, 4.69) is 10.1 Å². The van der Waals surface area contributed by atoms with Gasteiger partial charge in [-0.25, -0.2) is 0 Å². The minimum Gasteiger partial charge on any atom is -0.493 e. The minimum absolute atomic E-state index is 0.0479. The smallest absolute Gasteiger partial charge is 0.387 e. The molecule has 0 aliphatic heterocycles. The van der Waals surface area contributed by atoms with Crippen LogP contribution in [0, 0.1) is 0 Å². The second-order valence-electron chi connectivity index (χ2n) is 6.08. The number of halogens is 3. The van der Waals surface area contributed by atoms with Gasteiger partial charge in [-0.05, 0) is 29.8 Å². The Labute approximate surface area is 161 Å². The summed E-state index contributed by atoms with van der Waals surface area (Å²) in [5.74, 6) is 0.0143. The van der Waals surface area contributed by atoms with E-state index in [0.29, 0.717) is 17.1 Å². The van der Waals surface area contributed by atoms with Gasteiger partial charge in [-0.2, -0.15) is 8.78 Å². The van der Waals surface area contributed by atoms with Crippen molar-refractivity contribution in [2.45, 2.75) is 19.7 Å². The predicted octanol–water partition coefficient (Wildman–Crippen LogP) is 2.28. The molecule has 8 heteroatoms. The SMILES string of the molecule is COc1cc(CNC(=O)C[NH+](C)Cc2cccc(Cl)c2)ccc1OC(F)F. The van der Waals surface area contributed by atoms with E-state index in [0.717, 1.165) is 10.5 Å². The molecule has 1 unspecified atom stereocenters. The van der Waals surface area contributed by atoms with Crippen molar-refractivity contribution in [2.24, 2.45) is 0 Å². The summed E-state index contributed by atoms with van der Waals surface area (Å²) in [5, 5.41) is 3.47. The molecule has 146 valence electrons. The minimum atomic E-state index is -2.93. The maximum atomic E-state index is 12.3. The predicted molar refractivity (Wildman–Crippen MR) is 98.4 cm³/mol. The molecule has 1 atom stereocenters. The molecule has 0 saturated carbocycles. The zero-order valence-corrected chi connectivity index (χ0v) is 15.9. The average Bonchev–Trinajstić information content (AvgIpc) is 2.60. The first-order valence-corrected chi connectivity index (χ1v) is 8.69. The summed E-state index contributed by atoms with van der Waals surface area (Å²) in [5.41, 5.74) is 1.77. The summed E-state index contributed by atoms with van der Waals surface area (Å²) >= 11 is 5.97. The Morgan fingerprint density at radius 2 is 1.96 bits per heavy atom. The number of ether oxygens (including phenoxy) is 2. The summed E-state index contributed by atoms with van der Waals surface area (Å²) < 4.78 is 34.1. The Morgan fingerprint density at radius 3 is 2.63 bits per heavy atom. The van der Waals surface area contributed by atoms with E-state index >= 15 is 0 Å². The van der Waals surface area contributed by atoms with E-state index in [4.69, 9.17) is 16.3 Å². The number of nitrogens with one attached hydrogen (secondary N) is 2. The van der Waals surface area contributed by atoms with Crippen LogP contribution in [0.2, 0.25) is 5.02 Å². The second kappa shape index (κ2) is 10.1. The lowest BCUT2D eigenvalue weighted by atomic mass is 10.2. The number of methoxy groups -OCH3 is 1. The van der Waals surface area contributed by atoms with E-state index in [1.807, 2.05) is 25.2 Å². The molecule has 0 spiro atoms. The lowest BCUT2D eigenvalue weighted by Crippen LogP contribution is -3.08. The third kappa shape index (κ3) is 7.03. The van der Waals surface area contributed by atoms with Gasteiger partial charge in [-0.1, -0.05) is 29.8 Å². The van der Waals surface area contributed by atoms with Gasteiger partial charge in [0, 0.05) is 17.1 Å². The maximum Gasteiger partial charge on any atom is 0.387 e. The van der Waals surface area contributed by atoms with Crippen molar-refractivity contribution in [2.75, 3.05) is 20.7 Å². The highest BCUT2D eigenvalue weighted by atomic mass is 35.5. The first-order valence-electron chi connectivity index (χ1n) is 8.31. The highest BCUT2D eigenvalue weighted by molar-refractivity contribution is 6.30. The molecule has 0 radical (unpaired) electrons. The molecule has 27 heavy (non-hydrogen) atoms. The molecule has 1 amide bonds. The number of rotatable bonds is 9. The largest absolute Gasteiger partial charge is 0.493 e. The van der Waals surface area contributed by atoms with Crippen molar-refractivity contribution in [3.63, 3.8) is 0 Å². The molecule has 0 bridgehead atoms. The Kier molecular flexibility index (Phi) is 7.82. The zero-order valence-electron chi connectivity index (χ0n) is 15.1. The summed E-state index contributed by atoms with van der Waals surface area (Å²) in [7, 11) is 3.28. The van der Waals surface area contributed by atoms with E-state index in [1.165, 1.54) is 13.2 Å². The fraction of sp³-hybridized carbons (Fsp3) is 0.316. The van der Waals surface area contributed by atoms with Crippen LogP contribution in [0.25, 0.3) is 0 Å². The van der Waals surface area contributed by atoms with Gasteiger partial charge >= 0.3 is 6.61 Å². The number of likely N-dealkylation sites (N-methyl/N-ethyl adjacent to an activating group) is 1. The van der Waals surface area contributed by atoms with Crippen LogP contribution < -0.4 is 19.7 Å². The summed E-state index contributed by atoms with van der Waals surface area (Å²) in [6, 6.07) is 12.1. The molecular weight excluding hydrogens is 378 g/mol. The number of alkyl halides is 2. The first-order chi connectivity index (χ1) is 12.9. The third-order valence-corrected chi connectivity index (χ3v) is 4.03. The molecule has 5 nitrogen and oxygen atoms in total. The van der Waals surface area contributed by atoms with Gasteiger partial charge in [-0.3, -0.25) is 4.79 Å². The van der Waals surface area contributed by atoms with Gasteiger partial charge < -0.3 is 19.7 Å². The number of amides is 1. The van der Waals surface area contributed by atoms with Crippen molar-refractivity contribution < 1.29 is 27.9 Å². The Balaban J connectivity index is 1.85. The van der Waals surface area contributed by atoms with Crippen LogP contribution in [-0.2, 0) is 17.9 Å². The number of carbonyl (C=O) groups excluding carboxylic acids is 1. The fourth-order valence-corrected chi connectivity index (χ4v) is 2.82. The van der Waals surface area contributed by atoms with Gasteiger partial charge in [0.25, 0.3) is 5.91 Å². The molecule has 2 rings (SSSR count). The number of quaternary nitrogens is 1. The topological polar surface area (TPSA) is 52.0 Å². The van der Waals surface area contributed by atoms with Gasteiger partial charge in [0.05, 0.1) is 14.2 Å². The molecule has 0 saturated heterocycles. The molecule has 2 aromatic carbocycles. The van der Waals surface area contributed by atoms with Gasteiger partial charge in [0.1, 0.15) is 6.54 Å². The third-order valence-electron chi connectivity index (χ3n) is 3.79. The summed E-state index contributed by atoms with van der Waals surface area (Å²) in [6.45, 7) is -1.71. The van der Waals surface area contributed by atoms with E-state index < -0.39 is 6.61 Å². The molecule has 0 aliphatic rings. The Morgan fingerprint density at radius 1 is 1.19 bits per heavy atom. The maximum absolute atomic E-state index is 12.3. The zero-order chi connectivity index (χ0) is 19.8. The lowest BCUT2D eigenvalue weighted by molar-refractivity contribution is -0.885. The fourth-order valence-electron chi connectivity index (χ4n) is 2.61. The van der Waals surface area contributed by atoms with Crippen molar-refractivity contribution in [1.82, 2.24) is 5.32 Å². The van der Waals surface area contributed by atoms with Crippen molar-refractivity contribution >= 4 is 17.5 Å². The van der Waals surface area contributed by atoms with Crippen LogP contribution in [-0.4, -0.2) is 33.2 Å². The highest BCUT2D eigenvalue weighted by Crippen LogP contribution is 2.29. The van der Waals surface area contributed by atoms with E-state index in [9.17, 15) is 13.6 Å².